The molecule has 1 aliphatic rings. The molecule has 20 heavy (non-hydrogen) atoms. The molecule has 0 spiro atoms. The quantitative estimate of drug-likeness (QED) is 0.847. The van der Waals surface area contributed by atoms with Gasteiger partial charge < -0.3 is 5.32 Å². The number of sulfone groups is 1. The third-order valence-corrected chi connectivity index (χ3v) is 7.86. The zero-order valence-corrected chi connectivity index (χ0v) is 14.9. The minimum Gasteiger partial charge on any atom is -0.313 e. The normalized spacial score (nSPS) is 30.2. The van der Waals surface area contributed by atoms with Gasteiger partial charge in [-0.2, -0.15) is 0 Å². The maximum absolute atomic E-state index is 12.8. The van der Waals surface area contributed by atoms with Crippen LogP contribution in [-0.2, 0) is 9.84 Å². The zero-order valence-electron chi connectivity index (χ0n) is 14.1. The molecule has 3 nitrogen and oxygen atoms in total. The molecule has 1 aliphatic carbocycles. The van der Waals surface area contributed by atoms with Crippen LogP contribution in [0.25, 0.3) is 0 Å². The third kappa shape index (κ3) is 3.97. The molecule has 0 amide bonds. The van der Waals surface area contributed by atoms with E-state index in [1.54, 1.807) is 0 Å². The van der Waals surface area contributed by atoms with Crippen molar-refractivity contribution in [1.29, 1.82) is 0 Å². The van der Waals surface area contributed by atoms with E-state index in [-0.39, 0.29) is 22.0 Å². The lowest BCUT2D eigenvalue weighted by molar-refractivity contribution is 0.162. The van der Waals surface area contributed by atoms with Crippen molar-refractivity contribution in [2.45, 2.75) is 83.8 Å². The molecule has 0 aromatic rings. The summed E-state index contributed by atoms with van der Waals surface area (Å²) in [5.41, 5.74) is 0.195. The lowest BCUT2D eigenvalue weighted by Gasteiger charge is -2.42. The number of rotatable bonds is 5. The van der Waals surface area contributed by atoms with Gasteiger partial charge in [-0.1, -0.05) is 34.6 Å². The van der Waals surface area contributed by atoms with Crippen LogP contribution in [0.1, 0.15) is 67.2 Å². The lowest BCUT2D eigenvalue weighted by atomic mass is 9.71. The second kappa shape index (κ2) is 6.78. The average molecular weight is 304 g/mol. The topological polar surface area (TPSA) is 46.2 Å². The summed E-state index contributed by atoms with van der Waals surface area (Å²) >= 11 is 0. The first-order valence-electron chi connectivity index (χ1n) is 8.10. The van der Waals surface area contributed by atoms with E-state index in [0.717, 1.165) is 25.8 Å². The fraction of sp³-hybridized carbons (Fsp3) is 1.00. The van der Waals surface area contributed by atoms with E-state index in [1.165, 1.54) is 0 Å². The Balaban J connectivity index is 3.00. The first-order valence-corrected chi connectivity index (χ1v) is 9.71. The van der Waals surface area contributed by atoms with Crippen molar-refractivity contribution in [1.82, 2.24) is 5.32 Å². The molecular weight excluding hydrogens is 270 g/mol. The van der Waals surface area contributed by atoms with Crippen LogP contribution in [0.2, 0.25) is 0 Å². The molecule has 1 rings (SSSR count). The Bertz CT molecular complexity index is 397. The molecule has 0 aromatic heterocycles. The third-order valence-electron chi connectivity index (χ3n) is 5.04. The molecule has 0 aromatic carbocycles. The molecule has 1 saturated carbocycles. The minimum absolute atomic E-state index is 0.137. The van der Waals surface area contributed by atoms with Gasteiger partial charge in [-0.3, -0.25) is 0 Å². The van der Waals surface area contributed by atoms with E-state index < -0.39 is 9.84 Å². The zero-order chi connectivity index (χ0) is 15.6. The maximum Gasteiger partial charge on any atom is 0.157 e. The molecule has 0 radical (unpaired) electrons. The van der Waals surface area contributed by atoms with Crippen LogP contribution in [0.4, 0.5) is 0 Å². The molecule has 1 N–H and O–H groups in total. The Hall–Kier alpha value is -0.0900. The summed E-state index contributed by atoms with van der Waals surface area (Å²) in [6.45, 7) is 13.4. The maximum atomic E-state index is 12.8. The molecule has 1 fully saturated rings. The van der Waals surface area contributed by atoms with Crippen molar-refractivity contribution in [3.63, 3.8) is 0 Å². The average Bonchev–Trinajstić information content (AvgIpc) is 2.37. The Labute approximate surface area is 125 Å². The molecule has 0 bridgehead atoms. The summed E-state index contributed by atoms with van der Waals surface area (Å²) in [5.74, 6) is 0.501. The smallest absolute Gasteiger partial charge is 0.157 e. The number of hydrogen-bond acceptors (Lipinski definition) is 3. The highest BCUT2D eigenvalue weighted by Gasteiger charge is 2.43. The lowest BCUT2D eigenvalue weighted by Crippen LogP contribution is -2.51. The van der Waals surface area contributed by atoms with Crippen molar-refractivity contribution in [3.8, 4) is 0 Å². The molecular formula is C16H33NO2S. The largest absolute Gasteiger partial charge is 0.313 e. The highest BCUT2D eigenvalue weighted by atomic mass is 32.2. The summed E-state index contributed by atoms with van der Waals surface area (Å²) in [6.07, 6.45) is 3.63. The molecule has 0 aliphatic heterocycles. The first-order chi connectivity index (χ1) is 9.14. The van der Waals surface area contributed by atoms with Crippen molar-refractivity contribution >= 4 is 9.84 Å². The Kier molecular flexibility index (Phi) is 6.09. The van der Waals surface area contributed by atoms with E-state index in [2.05, 4.69) is 33.0 Å². The Morgan fingerprint density at radius 3 is 2.25 bits per heavy atom. The van der Waals surface area contributed by atoms with E-state index in [1.807, 2.05) is 13.8 Å². The van der Waals surface area contributed by atoms with Crippen molar-refractivity contribution in [3.05, 3.63) is 0 Å². The van der Waals surface area contributed by atoms with Gasteiger partial charge in [0.15, 0.2) is 9.84 Å². The summed E-state index contributed by atoms with van der Waals surface area (Å²) in [5, 5.41) is 2.97. The van der Waals surface area contributed by atoms with Gasteiger partial charge in [0.05, 0.1) is 10.5 Å². The van der Waals surface area contributed by atoms with Gasteiger partial charge in [0.25, 0.3) is 0 Å². The van der Waals surface area contributed by atoms with E-state index in [9.17, 15) is 8.42 Å². The van der Waals surface area contributed by atoms with Gasteiger partial charge in [0.2, 0.25) is 0 Å². The van der Waals surface area contributed by atoms with Crippen molar-refractivity contribution in [2.75, 3.05) is 6.54 Å². The molecule has 4 heteroatoms. The number of nitrogens with one attached hydrogen (secondary N) is 1. The van der Waals surface area contributed by atoms with Crippen LogP contribution >= 0.6 is 0 Å². The summed E-state index contributed by atoms with van der Waals surface area (Å²) in [4.78, 5) is 0. The Morgan fingerprint density at radius 1 is 1.20 bits per heavy atom. The van der Waals surface area contributed by atoms with Crippen LogP contribution in [0.15, 0.2) is 0 Å². The van der Waals surface area contributed by atoms with Crippen LogP contribution in [0.3, 0.4) is 0 Å². The first kappa shape index (κ1) is 18.0. The summed E-state index contributed by atoms with van der Waals surface area (Å²) < 4.78 is 25.7. The molecule has 120 valence electrons. The second-order valence-electron chi connectivity index (χ2n) is 7.39. The second-order valence-corrected chi connectivity index (χ2v) is 9.97. The van der Waals surface area contributed by atoms with Crippen LogP contribution < -0.4 is 5.32 Å². The predicted molar refractivity (Wildman–Crippen MR) is 86.7 cm³/mol. The van der Waals surface area contributed by atoms with E-state index >= 15 is 0 Å². The standard InChI is InChI=1S/C16H33NO2S/c1-7-12(3)20(18,19)15-11-13(16(4,5)6)9-10-14(15)17-8-2/h12-15,17H,7-11H2,1-6H3. The monoisotopic (exact) mass is 303 g/mol. The van der Waals surface area contributed by atoms with E-state index in [0.29, 0.717) is 12.3 Å². The van der Waals surface area contributed by atoms with Gasteiger partial charge in [-0.15, -0.1) is 0 Å². The van der Waals surface area contributed by atoms with Gasteiger partial charge in [0.1, 0.15) is 0 Å². The number of hydrogen-bond donors (Lipinski definition) is 1. The molecule has 0 heterocycles. The highest BCUT2D eigenvalue weighted by molar-refractivity contribution is 7.92. The molecule has 0 saturated heterocycles. The van der Waals surface area contributed by atoms with Gasteiger partial charge >= 0.3 is 0 Å². The summed E-state index contributed by atoms with van der Waals surface area (Å²) in [6, 6.07) is 0.137. The Morgan fingerprint density at radius 2 is 1.80 bits per heavy atom. The van der Waals surface area contributed by atoms with Crippen molar-refractivity contribution < 1.29 is 8.42 Å². The highest BCUT2D eigenvalue weighted by Crippen LogP contribution is 2.40. The van der Waals surface area contributed by atoms with Crippen LogP contribution in [0.5, 0.6) is 0 Å². The van der Waals surface area contributed by atoms with Crippen molar-refractivity contribution in [2.24, 2.45) is 11.3 Å². The molecule has 4 unspecified atom stereocenters. The van der Waals surface area contributed by atoms with Crippen LogP contribution in [0, 0.1) is 11.3 Å². The predicted octanol–water partition coefficient (Wildman–Crippen LogP) is 3.39. The summed E-state index contributed by atoms with van der Waals surface area (Å²) in [7, 11) is -3.04. The SMILES string of the molecule is CCNC1CCC(C(C)(C)C)CC1S(=O)(=O)C(C)CC. The molecule has 4 atom stereocenters. The minimum atomic E-state index is -3.04. The van der Waals surface area contributed by atoms with Gasteiger partial charge in [-0.05, 0) is 50.5 Å². The van der Waals surface area contributed by atoms with Crippen LogP contribution in [-0.4, -0.2) is 31.5 Å². The van der Waals surface area contributed by atoms with E-state index in [4.69, 9.17) is 0 Å². The van der Waals surface area contributed by atoms with Gasteiger partial charge in [0, 0.05) is 6.04 Å². The van der Waals surface area contributed by atoms with Gasteiger partial charge in [-0.25, -0.2) is 8.42 Å². The fourth-order valence-corrected chi connectivity index (χ4v) is 5.56. The fourth-order valence-electron chi connectivity index (χ4n) is 3.31.